The van der Waals surface area contributed by atoms with E-state index in [4.69, 9.17) is 29.0 Å². The van der Waals surface area contributed by atoms with Crippen molar-refractivity contribution in [2.24, 2.45) is 11.3 Å². The molecule has 15 heteroatoms. The summed E-state index contributed by atoms with van der Waals surface area (Å²) in [6, 6.07) is 10.1. The fourth-order valence-corrected chi connectivity index (χ4v) is 4.79. The van der Waals surface area contributed by atoms with E-state index < -0.39 is 24.3 Å². The summed E-state index contributed by atoms with van der Waals surface area (Å²) in [6.07, 6.45) is -5.21. The van der Waals surface area contributed by atoms with Gasteiger partial charge in [-0.3, -0.25) is 9.69 Å². The molecule has 0 amide bonds. The van der Waals surface area contributed by atoms with Gasteiger partial charge in [0, 0.05) is 32.2 Å². The van der Waals surface area contributed by atoms with Gasteiger partial charge in [0.2, 0.25) is 11.2 Å². The second kappa shape index (κ2) is 12.9. The van der Waals surface area contributed by atoms with Gasteiger partial charge in [0.1, 0.15) is 12.0 Å². The van der Waals surface area contributed by atoms with Crippen molar-refractivity contribution in [3.63, 3.8) is 0 Å². The smallest absolute Gasteiger partial charge is 0.486 e. The van der Waals surface area contributed by atoms with E-state index in [1.807, 2.05) is 0 Å². The number of aliphatic carboxylic acids is 2. The Labute approximate surface area is 229 Å². The Kier molecular flexibility index (Phi) is 10.1. The molecule has 9 nitrogen and oxygen atoms in total. The minimum absolute atomic E-state index is 0.0759. The minimum Gasteiger partial charge on any atom is -0.486 e. The van der Waals surface area contributed by atoms with Crippen LogP contribution in [-0.4, -0.2) is 65.6 Å². The predicted octanol–water partition coefficient (Wildman–Crippen LogP) is 3.84. The molecule has 0 atom stereocenters. The quantitative estimate of drug-likeness (QED) is 0.442. The van der Waals surface area contributed by atoms with Crippen molar-refractivity contribution in [1.82, 2.24) is 10.2 Å². The first-order valence-corrected chi connectivity index (χ1v) is 12.4. The molecule has 0 bridgehead atoms. The lowest BCUT2D eigenvalue weighted by Crippen LogP contribution is -2.60. The van der Waals surface area contributed by atoms with Crippen molar-refractivity contribution in [3.05, 3.63) is 63.7 Å². The zero-order valence-electron chi connectivity index (χ0n) is 21.6. The SMILES string of the molecule is O=C(O)C(F)(F)F.O=C(O)C(F)(F)F.O=c1cc(CN2CCc3ccccc3C2)occ1OCC1CC2(CNC2)C1. The molecule has 2 fully saturated rings. The highest BCUT2D eigenvalue weighted by atomic mass is 19.4. The van der Waals surface area contributed by atoms with Gasteiger partial charge in [-0.2, -0.15) is 26.3 Å². The first kappa shape index (κ1) is 31.9. The van der Waals surface area contributed by atoms with Crippen LogP contribution >= 0.6 is 0 Å². The lowest BCUT2D eigenvalue weighted by Gasteiger charge is -2.54. The van der Waals surface area contributed by atoms with Gasteiger partial charge in [0.25, 0.3) is 0 Å². The summed E-state index contributed by atoms with van der Waals surface area (Å²) in [5, 5.41) is 17.6. The Morgan fingerprint density at radius 2 is 1.59 bits per heavy atom. The van der Waals surface area contributed by atoms with Crippen LogP contribution in [0.5, 0.6) is 5.75 Å². The number of ether oxygens (including phenoxy) is 1. The van der Waals surface area contributed by atoms with E-state index in [9.17, 15) is 31.1 Å². The van der Waals surface area contributed by atoms with Crippen LogP contribution in [0.25, 0.3) is 0 Å². The molecule has 3 N–H and O–H groups in total. The van der Waals surface area contributed by atoms with Crippen molar-refractivity contribution in [3.8, 4) is 5.75 Å². The maximum atomic E-state index is 12.4. The topological polar surface area (TPSA) is 129 Å². The molecule has 1 aromatic carbocycles. The van der Waals surface area contributed by atoms with Gasteiger partial charge < -0.3 is 24.7 Å². The molecule has 0 radical (unpaired) electrons. The van der Waals surface area contributed by atoms with Crippen LogP contribution in [0.1, 0.15) is 29.7 Å². The first-order chi connectivity index (χ1) is 19.1. The first-order valence-electron chi connectivity index (χ1n) is 12.4. The number of fused-ring (bicyclic) bond motifs is 1. The normalized spacial score (nSPS) is 17.9. The number of hydrogen-bond donors (Lipinski definition) is 3. The Hall–Kier alpha value is -3.59. The third-order valence-electron chi connectivity index (χ3n) is 6.84. The molecule has 2 aromatic rings. The summed E-state index contributed by atoms with van der Waals surface area (Å²) in [4.78, 5) is 32.5. The number of carbonyl (C=O) groups is 2. The molecule has 1 saturated heterocycles. The zero-order chi connectivity index (χ0) is 30.4. The van der Waals surface area contributed by atoms with E-state index >= 15 is 0 Å². The molecule has 5 rings (SSSR count). The molecule has 2 aliphatic heterocycles. The van der Waals surface area contributed by atoms with Crippen LogP contribution in [0.2, 0.25) is 0 Å². The lowest BCUT2D eigenvalue weighted by molar-refractivity contribution is -0.193. The van der Waals surface area contributed by atoms with Crippen LogP contribution in [0, 0.1) is 11.3 Å². The van der Waals surface area contributed by atoms with Crippen molar-refractivity contribution in [2.75, 3.05) is 26.2 Å². The van der Waals surface area contributed by atoms with Gasteiger partial charge in [0.15, 0.2) is 0 Å². The number of nitrogens with one attached hydrogen (secondary N) is 1. The number of benzene rings is 1. The largest absolute Gasteiger partial charge is 0.490 e. The van der Waals surface area contributed by atoms with E-state index in [0.29, 0.717) is 36.0 Å². The van der Waals surface area contributed by atoms with Gasteiger partial charge >= 0.3 is 24.3 Å². The number of carboxylic acid groups (broad SMARTS) is 2. The number of halogens is 6. The summed E-state index contributed by atoms with van der Waals surface area (Å²) >= 11 is 0. The number of hydrogen-bond acceptors (Lipinski definition) is 7. The maximum Gasteiger partial charge on any atom is 0.490 e. The standard InChI is InChI=1S/C22H26N2O3.2C2HF3O2/c25-20-7-19(11-24-6-5-17-3-1-2-4-18(17)10-24)26-13-21(20)27-12-16-8-22(9-16)14-23-15-22;2*3-2(4,5)1(6)7/h1-4,7,13,16,23H,5-6,8-12,14-15H2;2*(H,6,7). The monoisotopic (exact) mass is 594 g/mol. The van der Waals surface area contributed by atoms with E-state index in [1.54, 1.807) is 6.07 Å². The maximum absolute atomic E-state index is 12.4. The van der Waals surface area contributed by atoms with Gasteiger partial charge in [-0.25, -0.2) is 9.59 Å². The molecule has 0 unspecified atom stereocenters. The molecule has 3 aliphatic rings. The van der Waals surface area contributed by atoms with Crippen LogP contribution in [0.4, 0.5) is 26.3 Å². The molecule has 3 heterocycles. The Bertz CT molecular complexity index is 1240. The van der Waals surface area contributed by atoms with E-state index in [0.717, 1.165) is 32.6 Å². The Balaban J connectivity index is 0.000000276. The Morgan fingerprint density at radius 1 is 1.02 bits per heavy atom. The zero-order valence-corrected chi connectivity index (χ0v) is 21.6. The van der Waals surface area contributed by atoms with Gasteiger partial charge in [-0.1, -0.05) is 24.3 Å². The third-order valence-corrected chi connectivity index (χ3v) is 6.84. The Morgan fingerprint density at radius 3 is 2.07 bits per heavy atom. The molecule has 1 saturated carbocycles. The molecule has 1 aliphatic carbocycles. The highest BCUT2D eigenvalue weighted by Crippen LogP contribution is 2.48. The lowest BCUT2D eigenvalue weighted by atomic mass is 9.59. The third kappa shape index (κ3) is 9.21. The molecule has 41 heavy (non-hydrogen) atoms. The molecule has 1 spiro atoms. The van der Waals surface area contributed by atoms with Crippen molar-refractivity contribution < 1.29 is 55.3 Å². The van der Waals surface area contributed by atoms with E-state index in [1.165, 1.54) is 30.2 Å². The predicted molar refractivity (Wildman–Crippen MR) is 130 cm³/mol. The van der Waals surface area contributed by atoms with Gasteiger partial charge in [-0.15, -0.1) is 0 Å². The average Bonchev–Trinajstić information content (AvgIpc) is 2.83. The van der Waals surface area contributed by atoms with Crippen molar-refractivity contribution >= 4 is 11.9 Å². The van der Waals surface area contributed by atoms with E-state index in [2.05, 4.69) is 34.5 Å². The number of carboxylic acids is 2. The van der Waals surface area contributed by atoms with Crippen molar-refractivity contribution in [1.29, 1.82) is 0 Å². The minimum atomic E-state index is -5.08. The van der Waals surface area contributed by atoms with Crippen molar-refractivity contribution in [2.45, 2.75) is 44.7 Å². The summed E-state index contributed by atoms with van der Waals surface area (Å²) in [5.41, 5.74) is 3.25. The van der Waals surface area contributed by atoms with Crippen LogP contribution in [0.15, 0.2) is 45.8 Å². The van der Waals surface area contributed by atoms with Crippen LogP contribution in [0.3, 0.4) is 0 Å². The summed E-state index contributed by atoms with van der Waals surface area (Å²) < 4.78 is 74.9. The summed E-state index contributed by atoms with van der Waals surface area (Å²) in [5.74, 6) is -3.90. The summed E-state index contributed by atoms with van der Waals surface area (Å²) in [7, 11) is 0. The fraction of sp³-hybridized carbons (Fsp3) is 0.500. The second-order valence-corrected chi connectivity index (χ2v) is 10.1. The highest BCUT2D eigenvalue weighted by molar-refractivity contribution is 5.73. The summed E-state index contributed by atoms with van der Waals surface area (Å²) in [6.45, 7) is 5.44. The number of nitrogens with zero attached hydrogens (tertiary/aromatic N) is 1. The number of rotatable bonds is 5. The number of alkyl halides is 6. The second-order valence-electron chi connectivity index (χ2n) is 10.1. The molecular formula is C26H28F6N2O7. The average molecular weight is 595 g/mol. The molecule has 1 aromatic heterocycles. The van der Waals surface area contributed by atoms with Gasteiger partial charge in [-0.05, 0) is 41.7 Å². The van der Waals surface area contributed by atoms with E-state index in [-0.39, 0.29) is 5.43 Å². The molecular weight excluding hydrogens is 566 g/mol. The molecule has 226 valence electrons. The van der Waals surface area contributed by atoms with Crippen LogP contribution < -0.4 is 15.5 Å². The fourth-order valence-electron chi connectivity index (χ4n) is 4.79. The van der Waals surface area contributed by atoms with Crippen LogP contribution in [-0.2, 0) is 29.1 Å². The van der Waals surface area contributed by atoms with Gasteiger partial charge in [0.05, 0.1) is 13.2 Å². The highest BCUT2D eigenvalue weighted by Gasteiger charge is 2.48.